The molecule has 0 saturated carbocycles. The number of aliphatic carboxylic acids is 2. The van der Waals surface area contributed by atoms with Crippen molar-refractivity contribution >= 4 is 70.5 Å². The summed E-state index contributed by atoms with van der Waals surface area (Å²) >= 11 is 17.1. The number of likely N-dealkylation sites (tertiary alicyclic amines) is 1. The number of rotatable bonds is 9. The van der Waals surface area contributed by atoms with Crippen molar-refractivity contribution in [3.05, 3.63) is 63.6 Å². The predicted octanol–water partition coefficient (Wildman–Crippen LogP) is 3.34. The Morgan fingerprint density at radius 3 is 2.22 bits per heavy atom. The van der Waals surface area contributed by atoms with Gasteiger partial charge < -0.3 is 31.3 Å². The maximum absolute atomic E-state index is 11.4. The highest BCUT2D eigenvalue weighted by atomic mass is 35.5. The number of hydrogen-bond donors (Lipinski definition) is 4. The molecule has 0 aliphatic carbocycles. The van der Waals surface area contributed by atoms with Gasteiger partial charge in [-0.1, -0.05) is 53.6 Å². The molecule has 1 saturated heterocycles. The van der Waals surface area contributed by atoms with Crippen molar-refractivity contribution in [3.63, 3.8) is 0 Å². The number of carbonyl (C=O) groups is 3. The number of nitrogens with two attached hydrogens (primary N) is 2. The molecule has 2 atom stereocenters. The lowest BCUT2D eigenvalue weighted by Gasteiger charge is -2.20. The van der Waals surface area contributed by atoms with Crippen molar-refractivity contribution < 1.29 is 29.3 Å². The van der Waals surface area contributed by atoms with Gasteiger partial charge in [0.05, 0.1) is 6.54 Å². The van der Waals surface area contributed by atoms with Gasteiger partial charge in [-0.3, -0.25) is 9.59 Å². The zero-order chi connectivity index (χ0) is 26.8. The van der Waals surface area contributed by atoms with Crippen LogP contribution in [-0.2, 0) is 27.4 Å². The van der Waals surface area contributed by atoms with Crippen LogP contribution in [0.2, 0.25) is 10.0 Å². The van der Waals surface area contributed by atoms with E-state index < -0.39 is 24.0 Å². The Morgan fingerprint density at radius 2 is 1.70 bits per heavy atom. The number of halogens is 3. The summed E-state index contributed by atoms with van der Waals surface area (Å²) in [6.07, 6.45) is 0.722. The van der Waals surface area contributed by atoms with Gasteiger partial charge in [-0.25, -0.2) is 4.79 Å². The highest BCUT2D eigenvalue weighted by Crippen LogP contribution is 2.26. The molecule has 202 valence electrons. The number of thiocarbonyl (C=S) groups is 1. The third-order valence-electron chi connectivity index (χ3n) is 5.25. The Bertz CT molecular complexity index is 1080. The Hall–Kier alpha value is -2.47. The number of carboxylic acid groups (broad SMARTS) is 2. The smallest absolute Gasteiger partial charge is 0.326 e. The zero-order valence-corrected chi connectivity index (χ0v) is 22.8. The average molecular weight is 593 g/mol. The molecule has 1 fully saturated rings. The number of hydrogen-bond acceptors (Lipinski definition) is 7. The maximum Gasteiger partial charge on any atom is 0.326 e. The maximum atomic E-state index is 11.4. The van der Waals surface area contributed by atoms with Crippen molar-refractivity contribution in [3.8, 4) is 5.75 Å². The van der Waals surface area contributed by atoms with Crippen LogP contribution in [0.5, 0.6) is 5.75 Å². The molecule has 1 amide bonds. The molecule has 1 aliphatic rings. The van der Waals surface area contributed by atoms with Crippen LogP contribution in [0, 0.1) is 0 Å². The summed E-state index contributed by atoms with van der Waals surface area (Å²) in [5.74, 6) is -1.62. The number of carbonyl (C=O) groups excluding carboxylic acids is 1. The van der Waals surface area contributed by atoms with E-state index in [1.54, 1.807) is 42.5 Å². The van der Waals surface area contributed by atoms with Crippen molar-refractivity contribution in [1.29, 1.82) is 0 Å². The highest BCUT2D eigenvalue weighted by molar-refractivity contribution is 7.80. The van der Waals surface area contributed by atoms with Gasteiger partial charge in [0.2, 0.25) is 5.91 Å². The molecule has 3 rings (SSSR count). The lowest BCUT2D eigenvalue weighted by molar-refractivity contribution is -0.148. The second-order valence-electron chi connectivity index (χ2n) is 7.94. The van der Waals surface area contributed by atoms with Gasteiger partial charge in [-0.05, 0) is 36.2 Å². The van der Waals surface area contributed by atoms with E-state index in [1.807, 2.05) is 0 Å². The standard InChI is InChI=1S/C16H15Cl2NO3.C8H12N2O3S.ClH/c17-13-2-1-3-14(18)12(13)9-22-11-6-4-10(5-7-11)8-15(19)16(20)21;9-2-1-7(11)10-4-5(14)3-6(10)8(12)13;/h1-7,15H,8-9,19H2,(H,20,21);6H,1-4,9H2,(H,12,13);1H/t15-;6-;/m00./s1. The average Bonchev–Trinajstić information content (AvgIpc) is 3.22. The molecule has 0 radical (unpaired) electrons. The summed E-state index contributed by atoms with van der Waals surface area (Å²) in [6, 6.07) is 10.7. The van der Waals surface area contributed by atoms with Crippen LogP contribution < -0.4 is 16.2 Å². The van der Waals surface area contributed by atoms with E-state index in [1.165, 1.54) is 4.90 Å². The second-order valence-corrected chi connectivity index (χ2v) is 9.33. The van der Waals surface area contributed by atoms with E-state index in [9.17, 15) is 14.4 Å². The molecule has 13 heteroatoms. The lowest BCUT2D eigenvalue weighted by Crippen LogP contribution is -2.41. The van der Waals surface area contributed by atoms with Crippen LogP contribution in [0.4, 0.5) is 0 Å². The Morgan fingerprint density at radius 1 is 1.11 bits per heavy atom. The molecule has 6 N–H and O–H groups in total. The molecule has 0 spiro atoms. The van der Waals surface area contributed by atoms with Gasteiger partial charge in [-0.15, -0.1) is 12.4 Å². The van der Waals surface area contributed by atoms with Gasteiger partial charge in [0.1, 0.15) is 24.4 Å². The first-order valence-corrected chi connectivity index (χ1v) is 12.1. The molecule has 9 nitrogen and oxygen atoms in total. The fourth-order valence-corrected chi connectivity index (χ4v) is 4.13. The predicted molar refractivity (Wildman–Crippen MR) is 148 cm³/mol. The summed E-state index contributed by atoms with van der Waals surface area (Å²) in [5, 5.41) is 18.7. The molecule has 0 aromatic heterocycles. The van der Waals surface area contributed by atoms with Crippen molar-refractivity contribution in [2.75, 3.05) is 13.1 Å². The molecular weight excluding hydrogens is 565 g/mol. The summed E-state index contributed by atoms with van der Waals surface area (Å²) in [5.41, 5.74) is 12.3. The fraction of sp³-hybridized carbons (Fsp3) is 0.333. The minimum atomic E-state index is -1.02. The molecular formula is C24H28Cl3N3O6S. The Balaban J connectivity index is 0.000000396. The van der Waals surface area contributed by atoms with E-state index in [2.05, 4.69) is 0 Å². The van der Waals surface area contributed by atoms with E-state index in [4.69, 9.17) is 61.8 Å². The first-order valence-electron chi connectivity index (χ1n) is 10.9. The van der Waals surface area contributed by atoms with Crippen LogP contribution in [0.25, 0.3) is 0 Å². The number of benzene rings is 2. The first-order chi connectivity index (χ1) is 17.0. The third-order valence-corrected chi connectivity index (χ3v) is 6.25. The highest BCUT2D eigenvalue weighted by Gasteiger charge is 2.36. The van der Waals surface area contributed by atoms with E-state index in [-0.39, 0.29) is 57.3 Å². The summed E-state index contributed by atoms with van der Waals surface area (Å²) in [7, 11) is 0. The first kappa shape index (κ1) is 32.6. The third kappa shape index (κ3) is 10.1. The van der Waals surface area contributed by atoms with Crippen LogP contribution in [0.3, 0.4) is 0 Å². The summed E-state index contributed by atoms with van der Waals surface area (Å²) in [4.78, 5) is 34.8. The van der Waals surface area contributed by atoms with Crippen molar-refractivity contribution in [2.45, 2.75) is 38.0 Å². The lowest BCUT2D eigenvalue weighted by atomic mass is 10.1. The quantitative estimate of drug-likeness (QED) is 0.321. The Kier molecular flexibility index (Phi) is 13.8. The molecule has 2 aromatic carbocycles. The van der Waals surface area contributed by atoms with Gasteiger partial charge >= 0.3 is 11.9 Å². The fourth-order valence-electron chi connectivity index (χ4n) is 3.33. The molecule has 0 bridgehead atoms. The van der Waals surface area contributed by atoms with Gasteiger partial charge in [0.25, 0.3) is 0 Å². The zero-order valence-electron chi connectivity index (χ0n) is 19.6. The molecule has 37 heavy (non-hydrogen) atoms. The monoisotopic (exact) mass is 591 g/mol. The largest absolute Gasteiger partial charge is 0.489 e. The number of amides is 1. The minimum Gasteiger partial charge on any atom is -0.489 e. The summed E-state index contributed by atoms with van der Waals surface area (Å²) in [6.45, 7) is 0.756. The topological polar surface area (TPSA) is 156 Å². The minimum absolute atomic E-state index is 0. The van der Waals surface area contributed by atoms with E-state index in [0.717, 1.165) is 11.1 Å². The van der Waals surface area contributed by atoms with Gasteiger partial charge in [0, 0.05) is 39.9 Å². The van der Waals surface area contributed by atoms with Crippen molar-refractivity contribution in [2.24, 2.45) is 11.5 Å². The van der Waals surface area contributed by atoms with Crippen LogP contribution >= 0.6 is 47.8 Å². The van der Waals surface area contributed by atoms with E-state index >= 15 is 0 Å². The molecule has 2 aromatic rings. The normalized spacial score (nSPS) is 15.2. The van der Waals surface area contributed by atoms with E-state index in [0.29, 0.717) is 20.7 Å². The van der Waals surface area contributed by atoms with Gasteiger partial charge in [0.15, 0.2) is 0 Å². The summed E-state index contributed by atoms with van der Waals surface area (Å²) < 4.78 is 5.64. The number of ether oxygens (including phenoxy) is 1. The number of nitrogens with zero attached hydrogens (tertiary/aromatic N) is 1. The SMILES string of the molecule is Cl.NCCC(=O)N1CC(=S)C[C@H]1C(=O)O.N[C@@H](Cc1ccc(OCc2c(Cl)cccc2Cl)cc1)C(=O)O. The van der Waals surface area contributed by atoms with Crippen LogP contribution in [0.15, 0.2) is 42.5 Å². The van der Waals surface area contributed by atoms with Gasteiger partial charge in [-0.2, -0.15) is 0 Å². The Labute approximate surface area is 236 Å². The second kappa shape index (κ2) is 15.7. The molecule has 0 unspecified atom stereocenters. The van der Waals surface area contributed by atoms with Crippen molar-refractivity contribution in [1.82, 2.24) is 4.90 Å². The number of carboxylic acids is 2. The van der Waals surface area contributed by atoms with Crippen LogP contribution in [-0.4, -0.2) is 63.0 Å². The molecule has 1 aliphatic heterocycles. The van der Waals surface area contributed by atoms with Crippen LogP contribution in [0.1, 0.15) is 24.0 Å². The molecule has 1 heterocycles.